The smallest absolute Gasteiger partial charge is 0.251 e. The lowest BCUT2D eigenvalue weighted by Gasteiger charge is -2.26. The summed E-state index contributed by atoms with van der Waals surface area (Å²) in [6.45, 7) is 2.73. The van der Waals surface area contributed by atoms with Gasteiger partial charge in [0.1, 0.15) is 18.5 Å². The third kappa shape index (κ3) is 3.39. The fourth-order valence-corrected chi connectivity index (χ4v) is 2.43. The topological polar surface area (TPSA) is 56.8 Å². The first-order valence-corrected chi connectivity index (χ1v) is 7.48. The van der Waals surface area contributed by atoms with E-state index in [9.17, 15) is 4.79 Å². The van der Waals surface area contributed by atoms with E-state index in [1.165, 1.54) is 0 Å². The Bertz CT molecular complexity index is 714. The van der Waals surface area contributed by atoms with Gasteiger partial charge in [0.25, 0.3) is 5.91 Å². The van der Waals surface area contributed by atoms with Crippen molar-refractivity contribution in [1.29, 1.82) is 0 Å². The third-order valence-corrected chi connectivity index (χ3v) is 3.73. The number of nitrogens with one attached hydrogen (secondary N) is 1. The second-order valence-electron chi connectivity index (χ2n) is 5.39. The summed E-state index contributed by atoms with van der Waals surface area (Å²) in [6.07, 6.45) is -0.207. The van der Waals surface area contributed by atoms with E-state index in [1.54, 1.807) is 19.2 Å². The van der Waals surface area contributed by atoms with E-state index in [0.717, 1.165) is 11.3 Å². The average molecular weight is 313 g/mol. The molecular weight excluding hydrogens is 294 g/mol. The Morgan fingerprint density at radius 3 is 2.83 bits per heavy atom. The maximum atomic E-state index is 12.2. The Morgan fingerprint density at radius 1 is 1.26 bits per heavy atom. The molecule has 23 heavy (non-hydrogen) atoms. The van der Waals surface area contributed by atoms with Crippen molar-refractivity contribution in [2.75, 3.05) is 20.3 Å². The number of rotatable bonds is 4. The molecule has 0 spiro atoms. The molecule has 0 saturated carbocycles. The Morgan fingerprint density at radius 2 is 2.04 bits per heavy atom. The van der Waals surface area contributed by atoms with Gasteiger partial charge in [0.2, 0.25) is 0 Å². The first-order chi connectivity index (χ1) is 11.2. The number of fused-ring (bicyclic) bond motifs is 1. The van der Waals surface area contributed by atoms with Crippen molar-refractivity contribution in [3.8, 4) is 17.2 Å². The van der Waals surface area contributed by atoms with E-state index in [1.807, 2.05) is 37.3 Å². The number of amides is 1. The van der Waals surface area contributed by atoms with Gasteiger partial charge in [-0.15, -0.1) is 0 Å². The van der Waals surface area contributed by atoms with Crippen LogP contribution in [0.3, 0.4) is 0 Å². The molecule has 5 heteroatoms. The number of carbonyl (C=O) groups excluding carboxylic acids is 1. The predicted molar refractivity (Wildman–Crippen MR) is 86.4 cm³/mol. The molecule has 2 aromatic rings. The van der Waals surface area contributed by atoms with Crippen molar-refractivity contribution >= 4 is 5.91 Å². The van der Waals surface area contributed by atoms with E-state index >= 15 is 0 Å². The molecule has 0 fully saturated rings. The van der Waals surface area contributed by atoms with Crippen molar-refractivity contribution in [2.24, 2.45) is 0 Å². The van der Waals surface area contributed by atoms with Gasteiger partial charge in [0.05, 0.1) is 13.7 Å². The fraction of sp³-hybridized carbons (Fsp3) is 0.278. The minimum atomic E-state index is -0.207. The Kier molecular flexibility index (Phi) is 4.37. The van der Waals surface area contributed by atoms with E-state index < -0.39 is 0 Å². The van der Waals surface area contributed by atoms with E-state index in [0.29, 0.717) is 30.2 Å². The molecule has 1 heterocycles. The van der Waals surface area contributed by atoms with Crippen LogP contribution in [0.5, 0.6) is 17.2 Å². The molecule has 2 aromatic carbocycles. The summed E-state index contributed by atoms with van der Waals surface area (Å²) in [5.74, 6) is 1.97. The van der Waals surface area contributed by atoms with Gasteiger partial charge in [0.15, 0.2) is 11.5 Å². The number of hydrogen-bond acceptors (Lipinski definition) is 4. The van der Waals surface area contributed by atoms with Crippen molar-refractivity contribution in [1.82, 2.24) is 5.32 Å². The van der Waals surface area contributed by atoms with Crippen molar-refractivity contribution in [3.63, 3.8) is 0 Å². The second-order valence-corrected chi connectivity index (χ2v) is 5.39. The lowest BCUT2D eigenvalue weighted by atomic mass is 10.1. The van der Waals surface area contributed by atoms with Crippen LogP contribution >= 0.6 is 0 Å². The SMILES string of the molecule is COc1cc(C(=O)NC[C@@H]2COc3ccccc3O2)ccc1C. The average Bonchev–Trinajstić information content (AvgIpc) is 2.60. The molecule has 1 N–H and O–H groups in total. The number of methoxy groups -OCH3 is 1. The van der Waals surface area contributed by atoms with Gasteiger partial charge in [-0.2, -0.15) is 0 Å². The minimum absolute atomic E-state index is 0.161. The van der Waals surface area contributed by atoms with Crippen molar-refractivity contribution < 1.29 is 19.0 Å². The molecule has 0 bridgehead atoms. The number of aryl methyl sites for hydroxylation is 1. The zero-order valence-electron chi connectivity index (χ0n) is 13.2. The van der Waals surface area contributed by atoms with E-state index in [2.05, 4.69) is 5.32 Å². The molecule has 0 aromatic heterocycles. The Balaban J connectivity index is 1.60. The third-order valence-electron chi connectivity index (χ3n) is 3.73. The van der Waals surface area contributed by atoms with Crippen LogP contribution < -0.4 is 19.5 Å². The van der Waals surface area contributed by atoms with Gasteiger partial charge < -0.3 is 19.5 Å². The summed E-state index contributed by atoms with van der Waals surface area (Å²) in [5.41, 5.74) is 1.55. The second kappa shape index (κ2) is 6.60. The lowest BCUT2D eigenvalue weighted by Crippen LogP contribution is -2.40. The van der Waals surface area contributed by atoms with Gasteiger partial charge in [-0.3, -0.25) is 4.79 Å². The van der Waals surface area contributed by atoms with Crippen LogP contribution in [0, 0.1) is 6.92 Å². The largest absolute Gasteiger partial charge is 0.496 e. The van der Waals surface area contributed by atoms with Crippen LogP contribution in [-0.4, -0.2) is 32.3 Å². The first kappa shape index (κ1) is 15.2. The number of para-hydroxylation sites is 2. The van der Waals surface area contributed by atoms with Gasteiger partial charge in [0, 0.05) is 5.56 Å². The van der Waals surface area contributed by atoms with Crippen LogP contribution in [0.15, 0.2) is 42.5 Å². The van der Waals surface area contributed by atoms with Crippen LogP contribution in [0.1, 0.15) is 15.9 Å². The monoisotopic (exact) mass is 313 g/mol. The molecule has 1 amide bonds. The summed E-state index contributed by atoms with van der Waals surface area (Å²) >= 11 is 0. The summed E-state index contributed by atoms with van der Waals surface area (Å²) in [4.78, 5) is 12.2. The summed E-state index contributed by atoms with van der Waals surface area (Å²) in [6, 6.07) is 12.9. The number of hydrogen-bond donors (Lipinski definition) is 1. The van der Waals surface area contributed by atoms with Crippen LogP contribution in [0.25, 0.3) is 0 Å². The maximum Gasteiger partial charge on any atom is 0.251 e. The summed E-state index contributed by atoms with van der Waals surface area (Å²) in [7, 11) is 1.59. The highest BCUT2D eigenvalue weighted by Gasteiger charge is 2.21. The van der Waals surface area contributed by atoms with Crippen LogP contribution in [0.4, 0.5) is 0 Å². The minimum Gasteiger partial charge on any atom is -0.496 e. The molecule has 120 valence electrons. The highest BCUT2D eigenvalue weighted by atomic mass is 16.6. The quantitative estimate of drug-likeness (QED) is 0.942. The number of benzene rings is 2. The van der Waals surface area contributed by atoms with Gasteiger partial charge >= 0.3 is 0 Å². The zero-order chi connectivity index (χ0) is 16.2. The molecule has 1 aliphatic heterocycles. The van der Waals surface area contributed by atoms with Gasteiger partial charge in [-0.1, -0.05) is 18.2 Å². The van der Waals surface area contributed by atoms with Gasteiger partial charge in [-0.05, 0) is 36.8 Å². The highest BCUT2D eigenvalue weighted by Crippen LogP contribution is 2.30. The highest BCUT2D eigenvalue weighted by molar-refractivity contribution is 5.94. The fourth-order valence-electron chi connectivity index (χ4n) is 2.43. The molecule has 1 atom stereocenters. The first-order valence-electron chi connectivity index (χ1n) is 7.48. The summed E-state index contributed by atoms with van der Waals surface area (Å²) in [5, 5.41) is 2.87. The maximum absolute atomic E-state index is 12.2. The number of carbonyl (C=O) groups is 1. The van der Waals surface area contributed by atoms with Gasteiger partial charge in [-0.25, -0.2) is 0 Å². The summed E-state index contributed by atoms with van der Waals surface area (Å²) < 4.78 is 16.7. The molecule has 0 radical (unpaired) electrons. The van der Waals surface area contributed by atoms with Crippen molar-refractivity contribution in [2.45, 2.75) is 13.0 Å². The van der Waals surface area contributed by atoms with E-state index in [-0.39, 0.29) is 12.0 Å². The normalized spacial score (nSPS) is 15.8. The molecular formula is C18H19NO4. The Labute approximate surface area is 135 Å². The Hall–Kier alpha value is -2.69. The lowest BCUT2D eigenvalue weighted by molar-refractivity contribution is 0.0789. The molecule has 1 aliphatic rings. The zero-order valence-corrected chi connectivity index (χ0v) is 13.2. The predicted octanol–water partition coefficient (Wildman–Crippen LogP) is 2.57. The van der Waals surface area contributed by atoms with Crippen molar-refractivity contribution in [3.05, 3.63) is 53.6 Å². The molecule has 0 aliphatic carbocycles. The standard InChI is InChI=1S/C18H19NO4/c1-12-7-8-13(9-17(12)21-2)18(20)19-10-14-11-22-15-5-3-4-6-16(15)23-14/h3-9,14H,10-11H2,1-2H3,(H,19,20)/t14-/m1/s1. The van der Waals surface area contributed by atoms with Crippen LogP contribution in [0.2, 0.25) is 0 Å². The molecule has 0 unspecified atom stereocenters. The molecule has 5 nitrogen and oxygen atoms in total. The van der Waals surface area contributed by atoms with Crippen LogP contribution in [-0.2, 0) is 0 Å². The molecule has 3 rings (SSSR count). The number of ether oxygens (including phenoxy) is 3. The molecule has 0 saturated heterocycles. The van der Waals surface area contributed by atoms with E-state index in [4.69, 9.17) is 14.2 Å².